The van der Waals surface area contributed by atoms with Gasteiger partial charge in [0.25, 0.3) is 5.91 Å². The Morgan fingerprint density at radius 2 is 1.74 bits per heavy atom. The van der Waals surface area contributed by atoms with Crippen LogP contribution in [0.3, 0.4) is 0 Å². The summed E-state index contributed by atoms with van der Waals surface area (Å²) in [4.78, 5) is 24.3. The van der Waals surface area contributed by atoms with Crippen molar-refractivity contribution < 1.29 is 9.59 Å². The second-order valence-electron chi connectivity index (χ2n) is 6.56. The third kappa shape index (κ3) is 4.32. The van der Waals surface area contributed by atoms with Gasteiger partial charge in [0, 0.05) is 23.8 Å². The Kier molecular flexibility index (Phi) is 5.28. The molecular formula is C18H25N3O2. The number of hydrogen-bond acceptors (Lipinski definition) is 3. The monoisotopic (exact) mass is 315 g/mol. The SMILES string of the molecule is O=C(NC1CCCCC1)c1ccc(NC(=O)C2CCNC2)cc1. The van der Waals surface area contributed by atoms with Crippen molar-refractivity contribution in [3.63, 3.8) is 0 Å². The second kappa shape index (κ2) is 7.59. The molecule has 0 spiro atoms. The van der Waals surface area contributed by atoms with Gasteiger partial charge in [-0.1, -0.05) is 19.3 Å². The maximum Gasteiger partial charge on any atom is 0.251 e. The summed E-state index contributed by atoms with van der Waals surface area (Å²) in [5.41, 5.74) is 1.40. The maximum atomic E-state index is 12.2. The zero-order chi connectivity index (χ0) is 16.1. The Morgan fingerprint density at radius 3 is 2.39 bits per heavy atom. The Balaban J connectivity index is 1.53. The predicted octanol–water partition coefficient (Wildman–Crippen LogP) is 2.30. The molecule has 1 aliphatic heterocycles. The molecule has 3 N–H and O–H groups in total. The van der Waals surface area contributed by atoms with Gasteiger partial charge in [-0.25, -0.2) is 0 Å². The maximum absolute atomic E-state index is 12.2. The molecule has 1 saturated heterocycles. The molecule has 1 aromatic rings. The minimum Gasteiger partial charge on any atom is -0.349 e. The highest BCUT2D eigenvalue weighted by Crippen LogP contribution is 2.18. The Bertz CT molecular complexity index is 544. The van der Waals surface area contributed by atoms with E-state index in [0.717, 1.165) is 38.0 Å². The van der Waals surface area contributed by atoms with Crippen LogP contribution in [0.15, 0.2) is 24.3 Å². The normalized spacial score (nSPS) is 21.8. The summed E-state index contributed by atoms with van der Waals surface area (Å²) in [5, 5.41) is 9.21. The third-order valence-electron chi connectivity index (χ3n) is 4.79. The van der Waals surface area contributed by atoms with Crippen LogP contribution in [0.5, 0.6) is 0 Å². The van der Waals surface area contributed by atoms with E-state index in [0.29, 0.717) is 11.6 Å². The number of carbonyl (C=O) groups excluding carboxylic acids is 2. The molecule has 5 heteroatoms. The molecule has 3 rings (SSSR count). The van der Waals surface area contributed by atoms with Crippen molar-refractivity contribution in [1.82, 2.24) is 10.6 Å². The van der Waals surface area contributed by atoms with Crippen molar-refractivity contribution in [3.05, 3.63) is 29.8 Å². The third-order valence-corrected chi connectivity index (χ3v) is 4.79. The van der Waals surface area contributed by atoms with Crippen molar-refractivity contribution in [2.24, 2.45) is 5.92 Å². The molecule has 2 fully saturated rings. The molecule has 5 nitrogen and oxygen atoms in total. The van der Waals surface area contributed by atoms with E-state index in [1.165, 1.54) is 19.3 Å². The molecule has 1 saturated carbocycles. The van der Waals surface area contributed by atoms with E-state index in [9.17, 15) is 9.59 Å². The molecule has 1 unspecified atom stereocenters. The highest BCUT2D eigenvalue weighted by molar-refractivity contribution is 5.96. The minimum absolute atomic E-state index is 0.0187. The van der Waals surface area contributed by atoms with Crippen LogP contribution in [0.4, 0.5) is 5.69 Å². The molecular weight excluding hydrogens is 290 g/mol. The molecule has 1 atom stereocenters. The zero-order valence-electron chi connectivity index (χ0n) is 13.4. The second-order valence-corrected chi connectivity index (χ2v) is 6.56. The fourth-order valence-electron chi connectivity index (χ4n) is 3.34. The molecule has 23 heavy (non-hydrogen) atoms. The van der Waals surface area contributed by atoms with E-state index in [1.54, 1.807) is 24.3 Å². The number of anilines is 1. The van der Waals surface area contributed by atoms with E-state index >= 15 is 0 Å². The van der Waals surface area contributed by atoms with Crippen LogP contribution in [0.25, 0.3) is 0 Å². The van der Waals surface area contributed by atoms with Crippen LogP contribution in [-0.2, 0) is 4.79 Å². The van der Waals surface area contributed by atoms with Crippen LogP contribution < -0.4 is 16.0 Å². The summed E-state index contributed by atoms with van der Waals surface area (Å²) >= 11 is 0. The van der Waals surface area contributed by atoms with Gasteiger partial charge in [-0.05, 0) is 50.1 Å². The quantitative estimate of drug-likeness (QED) is 0.798. The van der Waals surface area contributed by atoms with E-state index in [2.05, 4.69) is 16.0 Å². The van der Waals surface area contributed by atoms with Crippen LogP contribution in [0.2, 0.25) is 0 Å². The van der Waals surface area contributed by atoms with Gasteiger partial charge in [0.15, 0.2) is 0 Å². The summed E-state index contributed by atoms with van der Waals surface area (Å²) < 4.78 is 0. The average Bonchev–Trinajstić information content (AvgIpc) is 3.11. The topological polar surface area (TPSA) is 70.2 Å². The largest absolute Gasteiger partial charge is 0.349 e. The summed E-state index contributed by atoms with van der Waals surface area (Å²) in [7, 11) is 0. The highest BCUT2D eigenvalue weighted by Gasteiger charge is 2.22. The number of nitrogens with one attached hydrogen (secondary N) is 3. The summed E-state index contributed by atoms with van der Waals surface area (Å²) in [6.45, 7) is 1.64. The fourth-order valence-corrected chi connectivity index (χ4v) is 3.34. The molecule has 2 aliphatic rings. The van der Waals surface area contributed by atoms with Gasteiger partial charge >= 0.3 is 0 Å². The van der Waals surface area contributed by atoms with Gasteiger partial charge in [0.1, 0.15) is 0 Å². The standard InChI is InChI=1S/C18H25N3O2/c22-17(20-15-4-2-1-3-5-15)13-6-8-16(9-7-13)21-18(23)14-10-11-19-12-14/h6-9,14-15,19H,1-5,10-12H2,(H,20,22)(H,21,23). The van der Waals surface area contributed by atoms with Crippen molar-refractivity contribution in [1.29, 1.82) is 0 Å². The molecule has 0 bridgehead atoms. The first-order valence-electron chi connectivity index (χ1n) is 8.65. The van der Waals surface area contributed by atoms with Crippen molar-refractivity contribution in [2.75, 3.05) is 18.4 Å². The van der Waals surface area contributed by atoms with Crippen molar-refractivity contribution >= 4 is 17.5 Å². The molecule has 1 aliphatic carbocycles. The van der Waals surface area contributed by atoms with Crippen molar-refractivity contribution in [3.8, 4) is 0 Å². The van der Waals surface area contributed by atoms with Crippen LogP contribution in [-0.4, -0.2) is 30.9 Å². The summed E-state index contributed by atoms with van der Waals surface area (Å²) in [6, 6.07) is 7.47. The molecule has 0 radical (unpaired) electrons. The predicted molar refractivity (Wildman–Crippen MR) is 90.4 cm³/mol. The van der Waals surface area contributed by atoms with Crippen LogP contribution in [0, 0.1) is 5.92 Å². The molecule has 124 valence electrons. The number of rotatable bonds is 4. The first-order valence-corrected chi connectivity index (χ1v) is 8.65. The Hall–Kier alpha value is -1.88. The van der Waals surface area contributed by atoms with Gasteiger partial charge < -0.3 is 16.0 Å². The number of carbonyl (C=O) groups is 2. The molecule has 1 aromatic carbocycles. The molecule has 2 amide bonds. The number of benzene rings is 1. The van der Waals surface area contributed by atoms with Gasteiger partial charge in [0.05, 0.1) is 5.92 Å². The van der Waals surface area contributed by atoms with Gasteiger partial charge in [-0.2, -0.15) is 0 Å². The van der Waals surface area contributed by atoms with Gasteiger partial charge in [0.2, 0.25) is 5.91 Å². The first-order chi connectivity index (χ1) is 11.2. The van der Waals surface area contributed by atoms with Gasteiger partial charge in [-0.3, -0.25) is 9.59 Å². The lowest BCUT2D eigenvalue weighted by Gasteiger charge is -2.22. The fraction of sp³-hybridized carbons (Fsp3) is 0.556. The van der Waals surface area contributed by atoms with Crippen molar-refractivity contribution in [2.45, 2.75) is 44.6 Å². The lowest BCUT2D eigenvalue weighted by atomic mass is 9.95. The zero-order valence-corrected chi connectivity index (χ0v) is 13.4. The van der Waals surface area contributed by atoms with E-state index in [1.807, 2.05) is 0 Å². The Labute approximate surface area is 137 Å². The van der Waals surface area contributed by atoms with Gasteiger partial charge in [-0.15, -0.1) is 0 Å². The lowest BCUT2D eigenvalue weighted by molar-refractivity contribution is -0.119. The summed E-state index contributed by atoms with van der Waals surface area (Å²) in [5.74, 6) is 0.0773. The summed E-state index contributed by atoms with van der Waals surface area (Å²) in [6.07, 6.45) is 6.72. The molecule has 0 aromatic heterocycles. The minimum atomic E-state index is -0.0187. The average molecular weight is 315 g/mol. The Morgan fingerprint density at radius 1 is 1.00 bits per heavy atom. The lowest BCUT2D eigenvalue weighted by Crippen LogP contribution is -2.36. The van der Waals surface area contributed by atoms with E-state index in [4.69, 9.17) is 0 Å². The van der Waals surface area contributed by atoms with E-state index in [-0.39, 0.29) is 17.7 Å². The number of amides is 2. The van der Waals surface area contributed by atoms with E-state index < -0.39 is 0 Å². The number of hydrogen-bond donors (Lipinski definition) is 3. The first kappa shape index (κ1) is 16.0. The smallest absolute Gasteiger partial charge is 0.251 e. The highest BCUT2D eigenvalue weighted by atomic mass is 16.2. The van der Waals surface area contributed by atoms with Crippen LogP contribution in [0.1, 0.15) is 48.9 Å². The molecule has 1 heterocycles. The van der Waals surface area contributed by atoms with Crippen LogP contribution >= 0.6 is 0 Å².